The number of hydrogen-bond acceptors (Lipinski definition) is 4. The van der Waals surface area contributed by atoms with Gasteiger partial charge in [0.25, 0.3) is 5.91 Å². The third kappa shape index (κ3) is 3.55. The summed E-state index contributed by atoms with van der Waals surface area (Å²) in [5.74, 6) is -0.245. The number of fused-ring (bicyclic) bond motifs is 2. The van der Waals surface area contributed by atoms with E-state index in [0.29, 0.717) is 17.8 Å². The first kappa shape index (κ1) is 19.0. The van der Waals surface area contributed by atoms with Crippen molar-refractivity contribution in [1.29, 1.82) is 0 Å². The minimum absolute atomic E-state index is 0.245. The summed E-state index contributed by atoms with van der Waals surface area (Å²) in [5.41, 5.74) is 4.65. The maximum atomic E-state index is 13.0. The summed E-state index contributed by atoms with van der Waals surface area (Å²) in [6, 6.07) is 19.7. The Hall–Kier alpha value is -3.97. The monoisotopic (exact) mass is 411 g/mol. The van der Waals surface area contributed by atoms with Crippen LogP contribution in [0.2, 0.25) is 0 Å². The van der Waals surface area contributed by atoms with Gasteiger partial charge in [0.15, 0.2) is 5.65 Å². The Balaban J connectivity index is 1.43. The first-order chi connectivity index (χ1) is 15.2. The van der Waals surface area contributed by atoms with Crippen molar-refractivity contribution in [2.24, 2.45) is 0 Å². The van der Waals surface area contributed by atoms with Crippen LogP contribution in [0.3, 0.4) is 0 Å². The standard InChI is InChI=1S/C24H21N5O2/c1-31-14-13-28-12-10-18-15-19(7-8-21(18)28)27-24(30)20-16-26-29-22(9-11-25-23(20)29)17-5-3-2-4-6-17/h2-12,15-16H,13-14H2,1H3,(H,27,30). The van der Waals surface area contributed by atoms with Gasteiger partial charge in [0.2, 0.25) is 0 Å². The maximum absolute atomic E-state index is 13.0. The van der Waals surface area contributed by atoms with E-state index in [1.165, 1.54) is 0 Å². The van der Waals surface area contributed by atoms with E-state index in [9.17, 15) is 4.79 Å². The maximum Gasteiger partial charge on any atom is 0.261 e. The molecule has 154 valence electrons. The molecule has 7 heteroatoms. The molecule has 7 nitrogen and oxygen atoms in total. The summed E-state index contributed by atoms with van der Waals surface area (Å²) in [4.78, 5) is 17.4. The van der Waals surface area contributed by atoms with E-state index in [2.05, 4.69) is 20.0 Å². The van der Waals surface area contributed by atoms with E-state index in [1.54, 1.807) is 24.0 Å². The quantitative estimate of drug-likeness (QED) is 0.453. The van der Waals surface area contributed by atoms with Crippen molar-refractivity contribution in [2.45, 2.75) is 6.54 Å². The number of benzene rings is 2. The highest BCUT2D eigenvalue weighted by Gasteiger charge is 2.16. The third-order valence-electron chi connectivity index (χ3n) is 5.28. The minimum Gasteiger partial charge on any atom is -0.383 e. The topological polar surface area (TPSA) is 73.5 Å². The smallest absolute Gasteiger partial charge is 0.261 e. The number of nitrogens with zero attached hydrogens (tertiary/aromatic N) is 4. The van der Waals surface area contributed by atoms with Crippen molar-refractivity contribution in [3.63, 3.8) is 0 Å². The first-order valence-corrected chi connectivity index (χ1v) is 10.0. The lowest BCUT2D eigenvalue weighted by molar-refractivity contribution is 0.102. The summed E-state index contributed by atoms with van der Waals surface area (Å²) in [5, 5.41) is 8.45. The summed E-state index contributed by atoms with van der Waals surface area (Å²) in [7, 11) is 1.69. The van der Waals surface area contributed by atoms with Crippen LogP contribution in [-0.2, 0) is 11.3 Å². The predicted molar refractivity (Wildman–Crippen MR) is 120 cm³/mol. The van der Waals surface area contributed by atoms with Crippen molar-refractivity contribution in [2.75, 3.05) is 19.0 Å². The van der Waals surface area contributed by atoms with Crippen LogP contribution in [0.1, 0.15) is 10.4 Å². The average molecular weight is 411 g/mol. The van der Waals surface area contributed by atoms with Gasteiger partial charge >= 0.3 is 0 Å². The van der Waals surface area contributed by atoms with Gasteiger partial charge in [-0.15, -0.1) is 0 Å². The van der Waals surface area contributed by atoms with Gasteiger partial charge in [0.1, 0.15) is 5.56 Å². The predicted octanol–water partition coefficient (Wildman–Crippen LogP) is 4.25. The molecule has 0 atom stereocenters. The molecule has 3 aromatic heterocycles. The second kappa shape index (κ2) is 8.04. The van der Waals surface area contributed by atoms with Crippen molar-refractivity contribution >= 4 is 28.1 Å². The average Bonchev–Trinajstić information content (AvgIpc) is 3.42. The summed E-state index contributed by atoms with van der Waals surface area (Å²) in [6.45, 7) is 1.43. The highest BCUT2D eigenvalue weighted by Crippen LogP contribution is 2.23. The molecule has 0 aliphatic rings. The fraction of sp³-hybridized carbons (Fsp3) is 0.125. The number of hydrogen-bond donors (Lipinski definition) is 1. The Morgan fingerprint density at radius 1 is 1.10 bits per heavy atom. The number of carbonyl (C=O) groups excluding carboxylic acids is 1. The molecule has 0 aliphatic carbocycles. The van der Waals surface area contributed by atoms with Crippen LogP contribution in [0.25, 0.3) is 27.8 Å². The largest absolute Gasteiger partial charge is 0.383 e. The van der Waals surface area contributed by atoms with Crippen LogP contribution in [0.15, 0.2) is 79.3 Å². The second-order valence-electron chi connectivity index (χ2n) is 7.22. The molecule has 0 bridgehead atoms. The Labute approximate surface area is 178 Å². The number of aromatic nitrogens is 4. The van der Waals surface area contributed by atoms with E-state index in [0.717, 1.165) is 34.4 Å². The van der Waals surface area contributed by atoms with Crippen LogP contribution in [0.5, 0.6) is 0 Å². The highest BCUT2D eigenvalue weighted by molar-refractivity contribution is 6.08. The molecule has 5 aromatic rings. The molecule has 31 heavy (non-hydrogen) atoms. The fourth-order valence-corrected chi connectivity index (χ4v) is 3.74. The molecule has 0 saturated heterocycles. The first-order valence-electron chi connectivity index (χ1n) is 10.0. The van der Waals surface area contributed by atoms with E-state index in [-0.39, 0.29) is 5.91 Å². The van der Waals surface area contributed by atoms with E-state index < -0.39 is 0 Å². The SMILES string of the molecule is COCCn1ccc2cc(NC(=O)c3cnn4c(-c5ccccc5)ccnc34)ccc21. The number of methoxy groups -OCH3 is 1. The van der Waals surface area contributed by atoms with Crippen LogP contribution in [0.4, 0.5) is 5.69 Å². The Morgan fingerprint density at radius 2 is 1.97 bits per heavy atom. The minimum atomic E-state index is -0.245. The number of ether oxygens (including phenoxy) is 1. The molecule has 0 radical (unpaired) electrons. The van der Waals surface area contributed by atoms with E-state index in [4.69, 9.17) is 4.74 Å². The normalized spacial score (nSPS) is 11.3. The van der Waals surface area contributed by atoms with Crippen molar-refractivity contribution < 1.29 is 9.53 Å². The molecule has 1 amide bonds. The van der Waals surface area contributed by atoms with Gasteiger partial charge in [-0.1, -0.05) is 30.3 Å². The van der Waals surface area contributed by atoms with E-state index >= 15 is 0 Å². The number of rotatable bonds is 6. The zero-order valence-electron chi connectivity index (χ0n) is 17.0. The molecular weight excluding hydrogens is 390 g/mol. The van der Waals surface area contributed by atoms with Gasteiger partial charge in [-0.05, 0) is 30.3 Å². The molecule has 1 N–H and O–H groups in total. The Morgan fingerprint density at radius 3 is 2.81 bits per heavy atom. The molecule has 5 rings (SSSR count). The molecule has 0 saturated carbocycles. The number of amides is 1. The van der Waals surface area contributed by atoms with Crippen molar-refractivity contribution in [3.8, 4) is 11.3 Å². The Bertz CT molecular complexity index is 1370. The van der Waals surface area contributed by atoms with Gasteiger partial charge in [-0.3, -0.25) is 4.79 Å². The van der Waals surface area contributed by atoms with Gasteiger partial charge < -0.3 is 14.6 Å². The van der Waals surface area contributed by atoms with Gasteiger partial charge in [0, 0.05) is 48.2 Å². The zero-order valence-corrected chi connectivity index (χ0v) is 17.0. The fourth-order valence-electron chi connectivity index (χ4n) is 3.74. The third-order valence-corrected chi connectivity index (χ3v) is 5.28. The highest BCUT2D eigenvalue weighted by atomic mass is 16.5. The molecule has 3 heterocycles. The molecular formula is C24H21N5O2. The second-order valence-corrected chi connectivity index (χ2v) is 7.22. The summed E-state index contributed by atoms with van der Waals surface area (Å²) in [6.07, 6.45) is 5.28. The zero-order chi connectivity index (χ0) is 21.2. The molecule has 0 unspecified atom stereocenters. The molecule has 0 spiro atoms. The lowest BCUT2D eigenvalue weighted by Crippen LogP contribution is -2.12. The van der Waals surface area contributed by atoms with Crippen LogP contribution in [-0.4, -0.2) is 38.8 Å². The molecule has 2 aromatic carbocycles. The van der Waals surface area contributed by atoms with Crippen LogP contribution in [0, 0.1) is 0 Å². The number of anilines is 1. The lowest BCUT2D eigenvalue weighted by atomic mass is 10.1. The van der Waals surface area contributed by atoms with Crippen molar-refractivity contribution in [3.05, 3.63) is 84.8 Å². The van der Waals surface area contributed by atoms with Gasteiger partial charge in [-0.25, -0.2) is 9.50 Å². The molecule has 0 fully saturated rings. The van der Waals surface area contributed by atoms with Crippen molar-refractivity contribution in [1.82, 2.24) is 19.2 Å². The van der Waals surface area contributed by atoms with Gasteiger partial charge in [-0.2, -0.15) is 5.10 Å². The summed E-state index contributed by atoms with van der Waals surface area (Å²) >= 11 is 0. The molecule has 0 aliphatic heterocycles. The Kier molecular flexibility index (Phi) is 4.93. The van der Waals surface area contributed by atoms with Gasteiger partial charge in [0.05, 0.1) is 18.5 Å². The number of carbonyl (C=O) groups is 1. The van der Waals surface area contributed by atoms with Crippen LogP contribution < -0.4 is 5.32 Å². The number of nitrogens with one attached hydrogen (secondary N) is 1. The lowest BCUT2D eigenvalue weighted by Gasteiger charge is -2.07. The van der Waals surface area contributed by atoms with E-state index in [1.807, 2.05) is 66.9 Å². The van der Waals surface area contributed by atoms with Crippen LogP contribution >= 0.6 is 0 Å². The summed E-state index contributed by atoms with van der Waals surface area (Å²) < 4.78 is 8.99.